The molecule has 4 heteroatoms. The molecule has 0 amide bonds. The second kappa shape index (κ2) is 5.52. The average Bonchev–Trinajstić information content (AvgIpc) is 2.37. The molecule has 3 rings (SSSR count). The van der Waals surface area contributed by atoms with Crippen LogP contribution in [-0.4, -0.2) is 50.8 Å². The van der Waals surface area contributed by atoms with Gasteiger partial charge in [0.05, 0.1) is 13.2 Å². The molecule has 1 aromatic rings. The van der Waals surface area contributed by atoms with Gasteiger partial charge in [-0.15, -0.1) is 0 Å². The minimum absolute atomic E-state index is 0.221. The fraction of sp³-hybridized carbons (Fsp3) is 0.600. The van der Waals surface area contributed by atoms with E-state index in [2.05, 4.69) is 57.5 Å². The van der Waals surface area contributed by atoms with Crippen molar-refractivity contribution in [2.45, 2.75) is 17.9 Å². The van der Waals surface area contributed by atoms with Gasteiger partial charge in [-0.2, -0.15) is 0 Å². The first kappa shape index (κ1) is 13.6. The van der Waals surface area contributed by atoms with Gasteiger partial charge in [-0.1, -0.05) is 28.1 Å². The molecule has 2 saturated heterocycles. The third-order valence-electron chi connectivity index (χ3n) is 4.48. The van der Waals surface area contributed by atoms with E-state index < -0.39 is 0 Å². The van der Waals surface area contributed by atoms with E-state index in [-0.39, 0.29) is 5.41 Å². The fourth-order valence-electron chi connectivity index (χ4n) is 3.10. The van der Waals surface area contributed by atoms with Gasteiger partial charge in [-0.25, -0.2) is 0 Å². The van der Waals surface area contributed by atoms with E-state index in [0.717, 1.165) is 37.3 Å². The van der Waals surface area contributed by atoms with E-state index in [1.165, 1.54) is 12.0 Å². The van der Waals surface area contributed by atoms with Gasteiger partial charge in [0.2, 0.25) is 0 Å². The van der Waals surface area contributed by atoms with Gasteiger partial charge in [0.25, 0.3) is 0 Å². The molecule has 2 fully saturated rings. The van der Waals surface area contributed by atoms with Gasteiger partial charge in [0.1, 0.15) is 0 Å². The standard InChI is InChI=1S/C15H21BrN2O/c1-18-7-6-17-9-14(18)8-15(10-19-11-15)12-2-4-13(16)5-3-12/h2-5,14,17H,6-11H2,1H3. The van der Waals surface area contributed by atoms with E-state index in [9.17, 15) is 0 Å². The molecule has 0 aliphatic carbocycles. The van der Waals surface area contributed by atoms with Crippen LogP contribution >= 0.6 is 15.9 Å². The van der Waals surface area contributed by atoms with Gasteiger partial charge in [-0.3, -0.25) is 0 Å². The van der Waals surface area contributed by atoms with Crippen LogP contribution in [-0.2, 0) is 10.2 Å². The molecule has 0 spiro atoms. The van der Waals surface area contributed by atoms with E-state index >= 15 is 0 Å². The molecular weight excluding hydrogens is 304 g/mol. The van der Waals surface area contributed by atoms with Crippen molar-refractivity contribution in [3.05, 3.63) is 34.3 Å². The number of likely N-dealkylation sites (N-methyl/N-ethyl adjacent to an activating group) is 1. The summed E-state index contributed by atoms with van der Waals surface area (Å²) >= 11 is 3.51. The summed E-state index contributed by atoms with van der Waals surface area (Å²) in [6.07, 6.45) is 1.18. The lowest BCUT2D eigenvalue weighted by atomic mass is 9.73. The van der Waals surface area contributed by atoms with E-state index in [1.54, 1.807) is 0 Å². The number of benzene rings is 1. The van der Waals surface area contributed by atoms with Crippen molar-refractivity contribution < 1.29 is 4.74 Å². The number of halogens is 1. The van der Waals surface area contributed by atoms with Gasteiger partial charge in [0, 0.05) is 35.6 Å². The normalized spacial score (nSPS) is 26.9. The monoisotopic (exact) mass is 324 g/mol. The minimum atomic E-state index is 0.221. The van der Waals surface area contributed by atoms with Crippen LogP contribution in [0.4, 0.5) is 0 Å². The molecule has 0 radical (unpaired) electrons. The zero-order valence-electron chi connectivity index (χ0n) is 11.4. The molecule has 19 heavy (non-hydrogen) atoms. The summed E-state index contributed by atoms with van der Waals surface area (Å²) in [5.74, 6) is 0. The quantitative estimate of drug-likeness (QED) is 0.920. The predicted octanol–water partition coefficient (Wildman–Crippen LogP) is 2.01. The van der Waals surface area contributed by atoms with Crippen molar-refractivity contribution >= 4 is 15.9 Å². The molecule has 1 aromatic carbocycles. The SMILES string of the molecule is CN1CCNCC1CC1(c2ccc(Br)cc2)COC1. The van der Waals surface area contributed by atoms with Gasteiger partial charge < -0.3 is 15.0 Å². The summed E-state index contributed by atoms with van der Waals surface area (Å²) < 4.78 is 6.69. The Morgan fingerprint density at radius 3 is 2.68 bits per heavy atom. The number of nitrogens with one attached hydrogen (secondary N) is 1. The number of rotatable bonds is 3. The van der Waals surface area contributed by atoms with Crippen LogP contribution in [0.3, 0.4) is 0 Å². The number of piperazine rings is 1. The van der Waals surface area contributed by atoms with Crippen molar-refractivity contribution in [2.75, 3.05) is 39.9 Å². The smallest absolute Gasteiger partial charge is 0.0586 e. The van der Waals surface area contributed by atoms with Crippen molar-refractivity contribution in [3.8, 4) is 0 Å². The van der Waals surface area contributed by atoms with Crippen LogP contribution in [0, 0.1) is 0 Å². The highest BCUT2D eigenvalue weighted by Gasteiger charge is 2.43. The zero-order valence-corrected chi connectivity index (χ0v) is 12.9. The van der Waals surface area contributed by atoms with Crippen LogP contribution in [0.2, 0.25) is 0 Å². The van der Waals surface area contributed by atoms with Crippen molar-refractivity contribution in [3.63, 3.8) is 0 Å². The Morgan fingerprint density at radius 2 is 2.11 bits per heavy atom. The Balaban J connectivity index is 1.77. The number of ether oxygens (including phenoxy) is 1. The number of hydrogen-bond acceptors (Lipinski definition) is 3. The summed E-state index contributed by atoms with van der Waals surface area (Å²) in [6, 6.07) is 9.36. The maximum atomic E-state index is 5.55. The number of hydrogen-bond donors (Lipinski definition) is 1. The molecule has 2 aliphatic rings. The predicted molar refractivity (Wildman–Crippen MR) is 80.5 cm³/mol. The van der Waals surface area contributed by atoms with Crippen molar-refractivity contribution in [1.29, 1.82) is 0 Å². The molecule has 3 nitrogen and oxygen atoms in total. The third-order valence-corrected chi connectivity index (χ3v) is 5.01. The molecular formula is C15H21BrN2O. The molecule has 2 heterocycles. The molecule has 2 aliphatic heterocycles. The highest BCUT2D eigenvalue weighted by Crippen LogP contribution is 2.38. The maximum Gasteiger partial charge on any atom is 0.0586 e. The first-order valence-corrected chi connectivity index (χ1v) is 7.74. The lowest BCUT2D eigenvalue weighted by molar-refractivity contribution is -0.0754. The summed E-state index contributed by atoms with van der Waals surface area (Å²) in [7, 11) is 2.24. The Bertz CT molecular complexity index is 430. The van der Waals surface area contributed by atoms with Crippen LogP contribution in [0.5, 0.6) is 0 Å². The topological polar surface area (TPSA) is 24.5 Å². The first-order chi connectivity index (χ1) is 9.20. The average molecular weight is 325 g/mol. The van der Waals surface area contributed by atoms with E-state index in [0.29, 0.717) is 6.04 Å². The van der Waals surface area contributed by atoms with Crippen LogP contribution in [0.15, 0.2) is 28.7 Å². The third kappa shape index (κ3) is 2.72. The Labute approximate surface area is 123 Å². The summed E-state index contributed by atoms with van der Waals surface area (Å²) in [5.41, 5.74) is 1.64. The van der Waals surface area contributed by atoms with Crippen molar-refractivity contribution in [1.82, 2.24) is 10.2 Å². The largest absolute Gasteiger partial charge is 0.379 e. The highest BCUT2D eigenvalue weighted by atomic mass is 79.9. The van der Waals surface area contributed by atoms with Crippen LogP contribution in [0.25, 0.3) is 0 Å². The molecule has 0 saturated carbocycles. The highest BCUT2D eigenvalue weighted by molar-refractivity contribution is 9.10. The van der Waals surface area contributed by atoms with Gasteiger partial charge in [0.15, 0.2) is 0 Å². The van der Waals surface area contributed by atoms with Crippen LogP contribution < -0.4 is 5.32 Å². The van der Waals surface area contributed by atoms with Gasteiger partial charge >= 0.3 is 0 Å². The first-order valence-electron chi connectivity index (χ1n) is 6.94. The number of nitrogens with zero attached hydrogens (tertiary/aromatic N) is 1. The zero-order chi connectivity index (χ0) is 13.3. The molecule has 1 N–H and O–H groups in total. The maximum absolute atomic E-state index is 5.55. The summed E-state index contributed by atoms with van der Waals surface area (Å²) in [4.78, 5) is 2.48. The van der Waals surface area contributed by atoms with E-state index in [1.807, 2.05) is 0 Å². The Hall–Kier alpha value is -0.420. The molecule has 1 atom stereocenters. The second-order valence-corrected chi connectivity index (χ2v) is 6.74. The molecule has 1 unspecified atom stereocenters. The van der Waals surface area contributed by atoms with Crippen LogP contribution in [0.1, 0.15) is 12.0 Å². The summed E-state index contributed by atoms with van der Waals surface area (Å²) in [5, 5.41) is 3.51. The Morgan fingerprint density at radius 1 is 1.37 bits per heavy atom. The lowest BCUT2D eigenvalue weighted by Crippen LogP contribution is -2.56. The Kier molecular flexibility index (Phi) is 3.94. The molecule has 104 valence electrons. The fourth-order valence-corrected chi connectivity index (χ4v) is 3.36. The lowest BCUT2D eigenvalue weighted by Gasteiger charge is -2.46. The molecule has 0 bridgehead atoms. The van der Waals surface area contributed by atoms with E-state index in [4.69, 9.17) is 4.74 Å². The second-order valence-electron chi connectivity index (χ2n) is 5.82. The minimum Gasteiger partial charge on any atom is -0.379 e. The molecule has 0 aromatic heterocycles. The van der Waals surface area contributed by atoms with Crippen molar-refractivity contribution in [2.24, 2.45) is 0 Å². The summed E-state index contributed by atoms with van der Waals surface area (Å²) in [6.45, 7) is 5.06. The van der Waals surface area contributed by atoms with Gasteiger partial charge in [-0.05, 0) is 31.2 Å².